The molecule has 9 heteroatoms. The molecular weight excluding hydrogens is 418 g/mol. The monoisotopic (exact) mass is 441 g/mol. The molecular formula is C22H24ClN5O3. The molecule has 3 aromatic rings. The zero-order chi connectivity index (χ0) is 21.8. The van der Waals surface area contributed by atoms with Crippen LogP contribution >= 0.6 is 11.6 Å². The molecule has 0 spiro atoms. The van der Waals surface area contributed by atoms with Gasteiger partial charge in [0.05, 0.1) is 30.9 Å². The third-order valence-corrected chi connectivity index (χ3v) is 5.38. The van der Waals surface area contributed by atoms with Crippen molar-refractivity contribution in [2.24, 2.45) is 0 Å². The second-order valence-electron chi connectivity index (χ2n) is 7.48. The van der Waals surface area contributed by atoms with E-state index >= 15 is 0 Å². The lowest BCUT2D eigenvalue weighted by Crippen LogP contribution is -2.30. The highest BCUT2D eigenvalue weighted by Gasteiger charge is 2.19. The highest BCUT2D eigenvalue weighted by Crippen LogP contribution is 2.20. The second kappa shape index (κ2) is 9.47. The van der Waals surface area contributed by atoms with Crippen molar-refractivity contribution in [1.82, 2.24) is 19.9 Å². The number of nitrogens with one attached hydrogen (secondary N) is 2. The van der Waals surface area contributed by atoms with Gasteiger partial charge in [-0.15, -0.1) is 0 Å². The fourth-order valence-electron chi connectivity index (χ4n) is 3.46. The molecule has 2 atom stereocenters. The summed E-state index contributed by atoms with van der Waals surface area (Å²) < 4.78 is 7.17. The number of halogens is 1. The summed E-state index contributed by atoms with van der Waals surface area (Å²) in [5, 5.41) is 16.4. The van der Waals surface area contributed by atoms with Gasteiger partial charge in [-0.05, 0) is 37.1 Å². The lowest BCUT2D eigenvalue weighted by atomic mass is 10.1. The molecule has 1 fully saturated rings. The van der Waals surface area contributed by atoms with E-state index in [2.05, 4.69) is 20.6 Å². The number of rotatable bonds is 7. The maximum atomic E-state index is 12.8. The van der Waals surface area contributed by atoms with E-state index < -0.39 is 6.04 Å². The number of aryl methyl sites for hydroxylation is 1. The Labute approximate surface area is 185 Å². The first kappa shape index (κ1) is 21.3. The lowest BCUT2D eigenvalue weighted by Gasteiger charge is -2.16. The van der Waals surface area contributed by atoms with Gasteiger partial charge in [-0.1, -0.05) is 23.7 Å². The number of nitrogens with zero attached hydrogens (tertiary/aromatic N) is 3. The summed E-state index contributed by atoms with van der Waals surface area (Å²) in [6.07, 6.45) is 6.15. The Morgan fingerprint density at radius 2 is 2.29 bits per heavy atom. The maximum Gasteiger partial charge on any atom is 0.253 e. The normalized spacial score (nSPS) is 16.8. The fourth-order valence-corrected chi connectivity index (χ4v) is 3.66. The predicted molar refractivity (Wildman–Crippen MR) is 118 cm³/mol. The number of aliphatic hydroxyl groups is 1. The highest BCUT2D eigenvalue weighted by molar-refractivity contribution is 6.30. The van der Waals surface area contributed by atoms with Crippen molar-refractivity contribution in [1.29, 1.82) is 0 Å². The van der Waals surface area contributed by atoms with Crippen LogP contribution in [0.3, 0.4) is 0 Å². The minimum atomic E-state index is -0.556. The number of carbonyl (C=O) groups excluding carboxylic acids is 1. The summed E-state index contributed by atoms with van der Waals surface area (Å²) in [7, 11) is 0. The van der Waals surface area contributed by atoms with Crippen molar-refractivity contribution in [2.45, 2.75) is 25.4 Å². The van der Waals surface area contributed by atoms with Gasteiger partial charge in [-0.2, -0.15) is 4.98 Å². The maximum absolute atomic E-state index is 12.8. The van der Waals surface area contributed by atoms with E-state index in [1.165, 1.54) is 0 Å². The van der Waals surface area contributed by atoms with Crippen LogP contribution in [0, 0.1) is 6.92 Å². The second-order valence-corrected chi connectivity index (χ2v) is 7.91. The molecule has 1 amide bonds. The molecule has 162 valence electrons. The number of aromatic nitrogens is 3. The van der Waals surface area contributed by atoms with E-state index in [4.69, 9.17) is 16.3 Å². The number of benzene rings is 1. The van der Waals surface area contributed by atoms with Gasteiger partial charge in [-0.3, -0.25) is 4.79 Å². The molecule has 0 radical (unpaired) electrons. The van der Waals surface area contributed by atoms with Gasteiger partial charge in [0.15, 0.2) is 0 Å². The van der Waals surface area contributed by atoms with E-state index in [-0.39, 0.29) is 18.6 Å². The quantitative estimate of drug-likeness (QED) is 0.521. The standard InChI is InChI=1S/C22H24ClN5O3/c1-14-10-24-22(25-18-6-8-31-13-18)27-20(14)28-7-5-16(11-28)21(30)26-19(12-29)15-3-2-4-17(23)9-15/h2-5,7,9-11,18-19,29H,6,8,12-13H2,1H3,(H,26,30)(H,24,25,27)/t18-,19?/m1/s1. The van der Waals surface area contributed by atoms with Gasteiger partial charge in [0, 0.05) is 35.8 Å². The van der Waals surface area contributed by atoms with Crippen LogP contribution in [0.1, 0.15) is 33.9 Å². The van der Waals surface area contributed by atoms with Gasteiger partial charge < -0.3 is 25.0 Å². The van der Waals surface area contributed by atoms with Crippen molar-refractivity contribution < 1.29 is 14.6 Å². The number of anilines is 1. The molecule has 4 rings (SSSR count). The van der Waals surface area contributed by atoms with E-state index in [0.717, 1.165) is 24.2 Å². The molecule has 0 aliphatic carbocycles. The molecule has 1 aromatic carbocycles. The van der Waals surface area contributed by atoms with Gasteiger partial charge in [0.25, 0.3) is 5.91 Å². The molecule has 0 bridgehead atoms. The molecule has 1 saturated heterocycles. The van der Waals surface area contributed by atoms with Crippen molar-refractivity contribution >= 4 is 23.5 Å². The zero-order valence-corrected chi connectivity index (χ0v) is 17.8. The van der Waals surface area contributed by atoms with Gasteiger partial charge in [-0.25, -0.2) is 4.98 Å². The third kappa shape index (κ3) is 5.04. The number of carbonyl (C=O) groups is 1. The molecule has 1 unspecified atom stereocenters. The number of aliphatic hydroxyl groups excluding tert-OH is 1. The van der Waals surface area contributed by atoms with Gasteiger partial charge in [0.1, 0.15) is 5.82 Å². The van der Waals surface area contributed by atoms with Crippen LogP contribution in [0.25, 0.3) is 5.82 Å². The molecule has 3 N–H and O–H groups in total. The van der Waals surface area contributed by atoms with Gasteiger partial charge in [0.2, 0.25) is 5.95 Å². The minimum Gasteiger partial charge on any atom is -0.394 e. The molecule has 31 heavy (non-hydrogen) atoms. The SMILES string of the molecule is Cc1cnc(N[C@@H]2CCOC2)nc1-n1ccc(C(=O)NC(CO)c2cccc(Cl)c2)c1. The average Bonchev–Trinajstić information content (AvgIpc) is 3.45. The van der Waals surface area contributed by atoms with Crippen LogP contribution in [-0.4, -0.2) is 51.4 Å². The van der Waals surface area contributed by atoms with Crippen LogP contribution in [0.5, 0.6) is 0 Å². The molecule has 8 nitrogen and oxygen atoms in total. The van der Waals surface area contributed by atoms with E-state index in [0.29, 0.717) is 29.0 Å². The summed E-state index contributed by atoms with van der Waals surface area (Å²) in [6, 6.07) is 8.41. The largest absolute Gasteiger partial charge is 0.394 e. The summed E-state index contributed by atoms with van der Waals surface area (Å²) in [5.74, 6) is 0.909. The summed E-state index contributed by atoms with van der Waals surface area (Å²) in [6.45, 7) is 3.05. The minimum absolute atomic E-state index is 0.198. The lowest BCUT2D eigenvalue weighted by molar-refractivity contribution is 0.0916. The zero-order valence-electron chi connectivity index (χ0n) is 17.1. The van der Waals surface area contributed by atoms with Crippen LogP contribution in [0.15, 0.2) is 48.9 Å². The Bertz CT molecular complexity index is 1060. The Morgan fingerprint density at radius 3 is 3.03 bits per heavy atom. The van der Waals surface area contributed by atoms with E-state index in [1.54, 1.807) is 47.4 Å². The summed E-state index contributed by atoms with van der Waals surface area (Å²) in [5.41, 5.74) is 2.07. The van der Waals surface area contributed by atoms with Crippen LogP contribution in [0.2, 0.25) is 5.02 Å². The summed E-state index contributed by atoms with van der Waals surface area (Å²) in [4.78, 5) is 21.7. The molecule has 3 heterocycles. The number of hydrogen-bond acceptors (Lipinski definition) is 6. The van der Waals surface area contributed by atoms with Crippen LogP contribution < -0.4 is 10.6 Å². The van der Waals surface area contributed by atoms with Crippen molar-refractivity contribution in [3.8, 4) is 5.82 Å². The van der Waals surface area contributed by atoms with Crippen molar-refractivity contribution in [3.05, 3.63) is 70.6 Å². The molecule has 1 aliphatic heterocycles. The van der Waals surface area contributed by atoms with E-state index in [1.807, 2.05) is 13.0 Å². The highest BCUT2D eigenvalue weighted by atomic mass is 35.5. The first-order valence-corrected chi connectivity index (χ1v) is 10.4. The smallest absolute Gasteiger partial charge is 0.253 e. The Kier molecular flexibility index (Phi) is 6.50. The predicted octanol–water partition coefficient (Wildman–Crippen LogP) is 2.89. The topological polar surface area (TPSA) is 101 Å². The number of amides is 1. The Hall–Kier alpha value is -2.94. The van der Waals surface area contributed by atoms with E-state index in [9.17, 15) is 9.90 Å². The molecule has 0 saturated carbocycles. The Balaban J connectivity index is 1.50. The number of hydrogen-bond donors (Lipinski definition) is 3. The summed E-state index contributed by atoms with van der Waals surface area (Å²) >= 11 is 6.03. The van der Waals surface area contributed by atoms with Crippen LogP contribution in [-0.2, 0) is 4.74 Å². The average molecular weight is 442 g/mol. The fraction of sp³-hybridized carbons (Fsp3) is 0.318. The molecule has 2 aromatic heterocycles. The number of ether oxygens (including phenoxy) is 1. The Morgan fingerprint density at radius 1 is 1.42 bits per heavy atom. The first-order chi connectivity index (χ1) is 15.0. The van der Waals surface area contributed by atoms with Gasteiger partial charge >= 0.3 is 0 Å². The third-order valence-electron chi connectivity index (χ3n) is 5.15. The first-order valence-electron chi connectivity index (χ1n) is 10.1. The van der Waals surface area contributed by atoms with Crippen molar-refractivity contribution in [2.75, 3.05) is 25.1 Å². The van der Waals surface area contributed by atoms with Crippen molar-refractivity contribution in [3.63, 3.8) is 0 Å². The van der Waals surface area contributed by atoms with Crippen LogP contribution in [0.4, 0.5) is 5.95 Å². The molecule has 1 aliphatic rings.